The minimum atomic E-state index is -0.329. The van der Waals surface area contributed by atoms with Gasteiger partial charge in [-0.2, -0.15) is 5.10 Å². The van der Waals surface area contributed by atoms with E-state index in [1.165, 1.54) is 6.07 Å². The van der Waals surface area contributed by atoms with Crippen molar-refractivity contribution < 1.29 is 9.13 Å². The number of rotatable bonds is 7. The second-order valence-electron chi connectivity index (χ2n) is 4.72. The summed E-state index contributed by atoms with van der Waals surface area (Å²) >= 11 is 0. The van der Waals surface area contributed by atoms with Crippen LogP contribution in [0, 0.1) is 5.82 Å². The van der Waals surface area contributed by atoms with E-state index in [4.69, 9.17) is 4.74 Å². The van der Waals surface area contributed by atoms with Gasteiger partial charge in [-0.05, 0) is 19.0 Å². The van der Waals surface area contributed by atoms with Gasteiger partial charge in [0.25, 0.3) is 0 Å². The van der Waals surface area contributed by atoms with Gasteiger partial charge in [-0.3, -0.25) is 4.68 Å². The second-order valence-corrected chi connectivity index (χ2v) is 4.72. The van der Waals surface area contributed by atoms with Crippen LogP contribution in [0.15, 0.2) is 30.6 Å². The number of benzene rings is 1. The van der Waals surface area contributed by atoms with E-state index in [0.29, 0.717) is 18.9 Å². The van der Waals surface area contributed by atoms with Crippen LogP contribution in [-0.4, -0.2) is 16.3 Å². The van der Waals surface area contributed by atoms with Crippen LogP contribution in [-0.2, 0) is 20.2 Å². The van der Waals surface area contributed by atoms with E-state index < -0.39 is 0 Å². The molecule has 0 aliphatic heterocycles. The minimum Gasteiger partial charge on any atom is -0.485 e. The van der Waals surface area contributed by atoms with Crippen LogP contribution in [0.5, 0.6) is 5.75 Å². The maximum atomic E-state index is 13.9. The molecule has 0 aliphatic carbocycles. The lowest BCUT2D eigenvalue weighted by molar-refractivity contribution is 0.286. The Hall–Kier alpha value is -1.88. The highest BCUT2D eigenvalue weighted by Gasteiger charge is 2.10. The van der Waals surface area contributed by atoms with Crippen LogP contribution < -0.4 is 10.1 Å². The number of hydrogen-bond donors (Lipinski definition) is 1. The molecule has 1 aromatic heterocycles. The molecular formula is C15H20FN3O. The van der Waals surface area contributed by atoms with Crippen molar-refractivity contribution in [1.29, 1.82) is 0 Å². The van der Waals surface area contributed by atoms with Crippen molar-refractivity contribution in [3.8, 4) is 5.75 Å². The highest BCUT2D eigenvalue weighted by Crippen LogP contribution is 2.23. The van der Waals surface area contributed by atoms with Gasteiger partial charge in [0.15, 0.2) is 11.6 Å². The van der Waals surface area contributed by atoms with Gasteiger partial charge in [0.05, 0.1) is 6.20 Å². The first-order chi connectivity index (χ1) is 9.70. The summed E-state index contributed by atoms with van der Waals surface area (Å²) in [5.41, 5.74) is 1.76. The summed E-state index contributed by atoms with van der Waals surface area (Å²) in [6, 6.07) is 5.00. The summed E-state index contributed by atoms with van der Waals surface area (Å²) in [5, 5.41) is 7.32. The van der Waals surface area contributed by atoms with Gasteiger partial charge in [0, 0.05) is 30.9 Å². The third-order valence-corrected chi connectivity index (χ3v) is 2.93. The van der Waals surface area contributed by atoms with Crippen LogP contribution in [0.2, 0.25) is 0 Å². The molecule has 4 nitrogen and oxygen atoms in total. The molecule has 0 aliphatic rings. The largest absolute Gasteiger partial charge is 0.485 e. The minimum absolute atomic E-state index is 0.315. The van der Waals surface area contributed by atoms with Crippen molar-refractivity contribution in [3.63, 3.8) is 0 Å². The van der Waals surface area contributed by atoms with Gasteiger partial charge in [-0.1, -0.05) is 19.1 Å². The maximum absolute atomic E-state index is 13.9. The van der Waals surface area contributed by atoms with Gasteiger partial charge in [-0.25, -0.2) is 4.39 Å². The molecular weight excluding hydrogens is 257 g/mol. The Balaban J connectivity index is 2.04. The zero-order valence-corrected chi connectivity index (χ0v) is 11.9. The highest BCUT2D eigenvalue weighted by molar-refractivity contribution is 5.35. The molecule has 108 valence electrons. The lowest BCUT2D eigenvalue weighted by Crippen LogP contribution is -2.15. The van der Waals surface area contributed by atoms with Crippen molar-refractivity contribution in [2.24, 2.45) is 7.05 Å². The molecule has 0 fully saturated rings. The van der Waals surface area contributed by atoms with Gasteiger partial charge in [-0.15, -0.1) is 0 Å². The number of hydrogen-bond acceptors (Lipinski definition) is 3. The molecule has 1 N–H and O–H groups in total. The topological polar surface area (TPSA) is 39.1 Å². The summed E-state index contributed by atoms with van der Waals surface area (Å²) in [4.78, 5) is 0. The predicted molar refractivity (Wildman–Crippen MR) is 75.9 cm³/mol. The Morgan fingerprint density at radius 1 is 1.40 bits per heavy atom. The summed E-state index contributed by atoms with van der Waals surface area (Å²) in [7, 11) is 1.84. The number of nitrogens with zero attached hydrogens (tertiary/aromatic N) is 2. The summed E-state index contributed by atoms with van der Waals surface area (Å²) in [5.74, 6) is -0.00959. The summed E-state index contributed by atoms with van der Waals surface area (Å²) in [6.45, 7) is 3.92. The SMILES string of the molecule is CCCNCc1cccc(F)c1OCc1cnn(C)c1. The Kier molecular flexibility index (Phi) is 5.12. The first-order valence-corrected chi connectivity index (χ1v) is 6.79. The predicted octanol–water partition coefficient (Wildman–Crippen LogP) is 2.64. The van der Waals surface area contributed by atoms with E-state index in [-0.39, 0.29) is 5.82 Å². The molecule has 1 heterocycles. The van der Waals surface area contributed by atoms with Crippen LogP contribution >= 0.6 is 0 Å². The van der Waals surface area contributed by atoms with Crippen LogP contribution in [0.25, 0.3) is 0 Å². The fourth-order valence-corrected chi connectivity index (χ4v) is 1.96. The first-order valence-electron chi connectivity index (χ1n) is 6.79. The normalized spacial score (nSPS) is 10.8. The quantitative estimate of drug-likeness (QED) is 0.791. The van der Waals surface area contributed by atoms with Crippen LogP contribution in [0.1, 0.15) is 24.5 Å². The molecule has 5 heteroatoms. The number of ether oxygens (including phenoxy) is 1. The zero-order chi connectivity index (χ0) is 14.4. The standard InChI is InChI=1S/C15H20FN3O/c1-3-7-17-9-13-5-4-6-14(16)15(13)20-11-12-8-18-19(2)10-12/h4-6,8,10,17H,3,7,9,11H2,1-2H3. The average Bonchev–Trinajstić information content (AvgIpc) is 2.84. The monoisotopic (exact) mass is 277 g/mol. The molecule has 20 heavy (non-hydrogen) atoms. The van der Waals surface area contributed by atoms with Crippen molar-refractivity contribution in [2.75, 3.05) is 6.54 Å². The number of halogens is 1. The Bertz CT molecular complexity index is 554. The van der Waals surface area contributed by atoms with Gasteiger partial charge < -0.3 is 10.1 Å². The molecule has 0 spiro atoms. The number of aromatic nitrogens is 2. The fraction of sp³-hybridized carbons (Fsp3) is 0.400. The van der Waals surface area contributed by atoms with Crippen LogP contribution in [0.4, 0.5) is 4.39 Å². The van der Waals surface area contributed by atoms with E-state index in [9.17, 15) is 4.39 Å². The van der Waals surface area contributed by atoms with E-state index >= 15 is 0 Å². The number of nitrogens with one attached hydrogen (secondary N) is 1. The Morgan fingerprint density at radius 2 is 2.25 bits per heavy atom. The number of para-hydroxylation sites is 1. The molecule has 0 radical (unpaired) electrons. The third kappa shape index (κ3) is 3.81. The molecule has 0 unspecified atom stereocenters. The van der Waals surface area contributed by atoms with E-state index in [1.54, 1.807) is 16.9 Å². The lowest BCUT2D eigenvalue weighted by atomic mass is 10.2. The van der Waals surface area contributed by atoms with Gasteiger partial charge in [0.1, 0.15) is 6.61 Å². The van der Waals surface area contributed by atoms with Gasteiger partial charge >= 0.3 is 0 Å². The van der Waals surface area contributed by atoms with E-state index in [2.05, 4.69) is 17.3 Å². The molecule has 0 saturated heterocycles. The fourth-order valence-electron chi connectivity index (χ4n) is 1.96. The van der Waals surface area contributed by atoms with Crippen molar-refractivity contribution in [2.45, 2.75) is 26.5 Å². The Morgan fingerprint density at radius 3 is 2.95 bits per heavy atom. The van der Waals surface area contributed by atoms with E-state index in [1.807, 2.05) is 19.3 Å². The smallest absolute Gasteiger partial charge is 0.165 e. The molecule has 0 amide bonds. The molecule has 0 atom stereocenters. The zero-order valence-electron chi connectivity index (χ0n) is 11.9. The van der Waals surface area contributed by atoms with Gasteiger partial charge in [0.2, 0.25) is 0 Å². The molecule has 2 rings (SSSR count). The summed E-state index contributed by atoms with van der Waals surface area (Å²) < 4.78 is 21.2. The third-order valence-electron chi connectivity index (χ3n) is 2.93. The highest BCUT2D eigenvalue weighted by atomic mass is 19.1. The molecule has 0 bridgehead atoms. The first kappa shape index (κ1) is 14.5. The molecule has 2 aromatic rings. The lowest BCUT2D eigenvalue weighted by Gasteiger charge is -2.12. The summed E-state index contributed by atoms with van der Waals surface area (Å²) in [6.07, 6.45) is 4.62. The van der Waals surface area contributed by atoms with Crippen molar-refractivity contribution in [1.82, 2.24) is 15.1 Å². The second kappa shape index (κ2) is 7.05. The number of aryl methyl sites for hydroxylation is 1. The Labute approximate surface area is 118 Å². The van der Waals surface area contributed by atoms with Crippen molar-refractivity contribution in [3.05, 3.63) is 47.5 Å². The van der Waals surface area contributed by atoms with Crippen LogP contribution in [0.3, 0.4) is 0 Å². The molecule has 1 aromatic carbocycles. The molecule has 0 saturated carbocycles. The maximum Gasteiger partial charge on any atom is 0.165 e. The average molecular weight is 277 g/mol. The van der Waals surface area contributed by atoms with Crippen molar-refractivity contribution >= 4 is 0 Å². The van der Waals surface area contributed by atoms with E-state index in [0.717, 1.165) is 24.1 Å².